The SMILES string of the molecule is C[N+](C)(C)CCOC(=O)c1ccc(O)cc1.[Cl-]. The van der Waals surface area contributed by atoms with E-state index in [0.717, 1.165) is 11.0 Å². The summed E-state index contributed by atoms with van der Waals surface area (Å²) in [6, 6.07) is 6.03. The Kier molecular flexibility index (Phi) is 5.99. The van der Waals surface area contributed by atoms with Crippen LogP contribution < -0.4 is 12.4 Å². The van der Waals surface area contributed by atoms with Gasteiger partial charge in [-0.15, -0.1) is 0 Å². The van der Waals surface area contributed by atoms with Gasteiger partial charge in [0, 0.05) is 0 Å². The molecule has 0 atom stereocenters. The molecule has 17 heavy (non-hydrogen) atoms. The number of halogens is 1. The van der Waals surface area contributed by atoms with Crippen molar-refractivity contribution in [1.82, 2.24) is 0 Å². The van der Waals surface area contributed by atoms with Crippen LogP contribution in [0.25, 0.3) is 0 Å². The van der Waals surface area contributed by atoms with Gasteiger partial charge in [0.1, 0.15) is 18.9 Å². The number of aromatic hydroxyl groups is 1. The third kappa shape index (κ3) is 6.14. The van der Waals surface area contributed by atoms with Gasteiger partial charge in [0.2, 0.25) is 0 Å². The normalized spacial score (nSPS) is 10.5. The van der Waals surface area contributed by atoms with Crippen LogP contribution in [0.2, 0.25) is 0 Å². The van der Waals surface area contributed by atoms with E-state index in [1.54, 1.807) is 12.1 Å². The molecule has 1 aromatic carbocycles. The highest BCUT2D eigenvalue weighted by Gasteiger charge is 2.10. The minimum absolute atomic E-state index is 0. The summed E-state index contributed by atoms with van der Waals surface area (Å²) in [7, 11) is 6.11. The lowest BCUT2D eigenvalue weighted by molar-refractivity contribution is -0.870. The van der Waals surface area contributed by atoms with Crippen molar-refractivity contribution in [3.8, 4) is 5.75 Å². The zero-order valence-corrected chi connectivity index (χ0v) is 11.1. The number of quaternary nitrogens is 1. The van der Waals surface area contributed by atoms with Crippen molar-refractivity contribution >= 4 is 5.97 Å². The highest BCUT2D eigenvalue weighted by Crippen LogP contribution is 2.10. The Hall–Kier alpha value is -1.26. The third-order valence-corrected chi connectivity index (χ3v) is 2.10. The van der Waals surface area contributed by atoms with Crippen LogP contribution in [-0.4, -0.2) is 49.9 Å². The highest BCUT2D eigenvalue weighted by molar-refractivity contribution is 5.89. The molecule has 0 spiro atoms. The van der Waals surface area contributed by atoms with Crippen LogP contribution in [0, 0.1) is 0 Å². The third-order valence-electron chi connectivity index (χ3n) is 2.10. The molecule has 0 radical (unpaired) electrons. The van der Waals surface area contributed by atoms with Gasteiger partial charge >= 0.3 is 5.97 Å². The van der Waals surface area contributed by atoms with Crippen LogP contribution in [0.5, 0.6) is 5.75 Å². The number of likely N-dealkylation sites (N-methyl/N-ethyl adjacent to an activating group) is 1. The van der Waals surface area contributed by atoms with Crippen molar-refractivity contribution in [1.29, 1.82) is 0 Å². The molecule has 4 nitrogen and oxygen atoms in total. The van der Waals surface area contributed by atoms with Gasteiger partial charge in [-0.3, -0.25) is 0 Å². The fourth-order valence-electron chi connectivity index (χ4n) is 1.09. The Morgan fingerprint density at radius 3 is 2.24 bits per heavy atom. The van der Waals surface area contributed by atoms with Crippen LogP contribution in [0.4, 0.5) is 0 Å². The molecule has 0 bridgehead atoms. The van der Waals surface area contributed by atoms with Crippen molar-refractivity contribution < 1.29 is 31.5 Å². The van der Waals surface area contributed by atoms with E-state index in [0.29, 0.717) is 12.2 Å². The van der Waals surface area contributed by atoms with E-state index in [9.17, 15) is 4.79 Å². The van der Waals surface area contributed by atoms with Crippen LogP contribution in [0.1, 0.15) is 10.4 Å². The molecule has 0 heterocycles. The smallest absolute Gasteiger partial charge is 0.338 e. The predicted molar refractivity (Wildman–Crippen MR) is 61.3 cm³/mol. The lowest BCUT2D eigenvalue weighted by Gasteiger charge is -2.23. The minimum Gasteiger partial charge on any atom is -1.00 e. The molecule has 0 aliphatic heterocycles. The summed E-state index contributed by atoms with van der Waals surface area (Å²) in [5, 5.41) is 9.07. The summed E-state index contributed by atoms with van der Waals surface area (Å²) in [4.78, 5) is 11.5. The number of carbonyl (C=O) groups is 1. The number of ether oxygens (including phenoxy) is 1. The predicted octanol–water partition coefficient (Wildman–Crippen LogP) is -1.74. The second-order valence-electron chi connectivity index (χ2n) is 4.70. The molecular weight excluding hydrogens is 242 g/mol. The summed E-state index contributed by atoms with van der Waals surface area (Å²) >= 11 is 0. The van der Waals surface area contributed by atoms with E-state index in [2.05, 4.69) is 0 Å². The van der Waals surface area contributed by atoms with Gasteiger partial charge in [-0.05, 0) is 24.3 Å². The number of phenolic OH excluding ortho intramolecular Hbond substituents is 1. The standard InChI is InChI=1S/C12H17NO3.ClH/c1-13(2,3)8-9-16-12(15)10-4-6-11(14)7-5-10;/h4-7H,8-9H2,1-3H3;1H. The topological polar surface area (TPSA) is 46.5 Å². The van der Waals surface area contributed by atoms with Crippen molar-refractivity contribution in [2.45, 2.75) is 0 Å². The fourth-order valence-corrected chi connectivity index (χ4v) is 1.09. The summed E-state index contributed by atoms with van der Waals surface area (Å²) in [5.41, 5.74) is 0.458. The zero-order valence-electron chi connectivity index (χ0n) is 10.3. The van der Waals surface area contributed by atoms with E-state index < -0.39 is 0 Å². The molecular formula is C12H18ClNO3. The maximum atomic E-state index is 11.5. The number of rotatable bonds is 4. The summed E-state index contributed by atoms with van der Waals surface area (Å²) in [5.74, 6) is -0.212. The lowest BCUT2D eigenvalue weighted by atomic mass is 10.2. The first kappa shape index (κ1) is 15.7. The largest absolute Gasteiger partial charge is 1.00 e. The molecule has 0 aromatic heterocycles. The number of nitrogens with zero attached hydrogens (tertiary/aromatic N) is 1. The van der Waals surface area contributed by atoms with E-state index in [1.165, 1.54) is 12.1 Å². The maximum absolute atomic E-state index is 11.5. The van der Waals surface area contributed by atoms with Gasteiger partial charge < -0.3 is 26.7 Å². The Bertz CT molecular complexity index is 357. The molecule has 1 aromatic rings. The molecule has 0 aliphatic carbocycles. The minimum atomic E-state index is -0.353. The van der Waals surface area contributed by atoms with Gasteiger partial charge in [-0.2, -0.15) is 0 Å². The van der Waals surface area contributed by atoms with Gasteiger partial charge in [-0.25, -0.2) is 4.79 Å². The van der Waals surface area contributed by atoms with Crippen molar-refractivity contribution in [3.05, 3.63) is 29.8 Å². The lowest BCUT2D eigenvalue weighted by Crippen LogP contribution is -3.00. The average Bonchev–Trinajstić information content (AvgIpc) is 2.16. The second-order valence-corrected chi connectivity index (χ2v) is 4.70. The van der Waals surface area contributed by atoms with Crippen LogP contribution >= 0.6 is 0 Å². The first-order chi connectivity index (χ1) is 7.38. The Balaban J connectivity index is 0.00000256. The van der Waals surface area contributed by atoms with Gasteiger partial charge in [-0.1, -0.05) is 0 Å². The Morgan fingerprint density at radius 2 is 1.76 bits per heavy atom. The number of carbonyl (C=O) groups excluding carboxylic acids is 1. The first-order valence-electron chi connectivity index (χ1n) is 5.15. The molecule has 0 fully saturated rings. The number of esters is 1. The van der Waals surface area contributed by atoms with Crippen molar-refractivity contribution in [2.24, 2.45) is 0 Å². The molecule has 0 unspecified atom stereocenters. The quantitative estimate of drug-likeness (QED) is 0.516. The monoisotopic (exact) mass is 259 g/mol. The number of phenols is 1. The molecule has 5 heteroatoms. The second kappa shape index (κ2) is 6.47. The van der Waals surface area contributed by atoms with E-state index in [1.807, 2.05) is 21.1 Å². The van der Waals surface area contributed by atoms with Gasteiger partial charge in [0.25, 0.3) is 0 Å². The molecule has 0 saturated carbocycles. The van der Waals surface area contributed by atoms with Crippen LogP contribution in [-0.2, 0) is 4.74 Å². The van der Waals surface area contributed by atoms with Crippen LogP contribution in [0.15, 0.2) is 24.3 Å². The van der Waals surface area contributed by atoms with Gasteiger partial charge in [0.05, 0.1) is 26.7 Å². The maximum Gasteiger partial charge on any atom is 0.338 e. The van der Waals surface area contributed by atoms with E-state index in [-0.39, 0.29) is 24.1 Å². The Morgan fingerprint density at radius 1 is 1.24 bits per heavy atom. The first-order valence-corrected chi connectivity index (χ1v) is 5.15. The number of hydrogen-bond donors (Lipinski definition) is 1. The molecule has 96 valence electrons. The van der Waals surface area contributed by atoms with Gasteiger partial charge in [0.15, 0.2) is 0 Å². The molecule has 0 saturated heterocycles. The summed E-state index contributed by atoms with van der Waals surface area (Å²) in [6.07, 6.45) is 0. The number of hydrogen-bond acceptors (Lipinski definition) is 3. The summed E-state index contributed by atoms with van der Waals surface area (Å²) < 4.78 is 5.86. The molecule has 1 N–H and O–H groups in total. The molecule has 0 aliphatic rings. The highest BCUT2D eigenvalue weighted by atomic mass is 35.5. The van der Waals surface area contributed by atoms with Crippen molar-refractivity contribution in [3.63, 3.8) is 0 Å². The molecule has 1 rings (SSSR count). The zero-order chi connectivity index (χ0) is 12.2. The summed E-state index contributed by atoms with van der Waals surface area (Å²) in [6.45, 7) is 1.16. The van der Waals surface area contributed by atoms with E-state index in [4.69, 9.17) is 9.84 Å². The van der Waals surface area contributed by atoms with Crippen molar-refractivity contribution in [2.75, 3.05) is 34.3 Å². The average molecular weight is 260 g/mol. The Labute approximate surface area is 108 Å². The van der Waals surface area contributed by atoms with E-state index >= 15 is 0 Å². The number of benzene rings is 1. The van der Waals surface area contributed by atoms with Crippen LogP contribution in [0.3, 0.4) is 0 Å². The molecule has 0 amide bonds. The fraction of sp³-hybridized carbons (Fsp3) is 0.417.